The van der Waals surface area contributed by atoms with Gasteiger partial charge in [-0.2, -0.15) is 10.5 Å². The standard InChI is InChI=1S/C17H11FN2.C2H6/c1-17(2)13-6-4-3-5-11(13)15-12(9-20)16(18)10(8-19)7-14(15)17;1-2/h3-7H,1-2H3;1-2H3. The predicted octanol–water partition coefficient (Wildman–Crippen LogP) is 4.90. The summed E-state index contributed by atoms with van der Waals surface area (Å²) >= 11 is 0. The summed E-state index contributed by atoms with van der Waals surface area (Å²) in [5.41, 5.74) is 2.97. The van der Waals surface area contributed by atoms with E-state index in [4.69, 9.17) is 5.26 Å². The predicted molar refractivity (Wildman–Crippen MR) is 84.7 cm³/mol. The highest BCUT2D eigenvalue weighted by Crippen LogP contribution is 2.50. The van der Waals surface area contributed by atoms with Crippen LogP contribution in [0, 0.1) is 28.5 Å². The third kappa shape index (κ3) is 1.98. The number of benzene rings is 2. The molecule has 1 aliphatic carbocycles. The molecule has 0 fully saturated rings. The Hall–Kier alpha value is -2.65. The first-order valence-corrected chi connectivity index (χ1v) is 7.29. The normalized spacial score (nSPS) is 13.0. The summed E-state index contributed by atoms with van der Waals surface area (Å²) in [4.78, 5) is 0. The SMILES string of the molecule is CC.CC1(C)c2ccccc2-c2c1cc(C#N)c(F)c2C#N. The second-order valence-electron chi connectivity index (χ2n) is 5.43. The van der Waals surface area contributed by atoms with Crippen molar-refractivity contribution in [2.45, 2.75) is 33.1 Å². The van der Waals surface area contributed by atoms with Crippen molar-refractivity contribution in [1.82, 2.24) is 0 Å². The molecular weight excluding hydrogens is 275 g/mol. The summed E-state index contributed by atoms with van der Waals surface area (Å²) in [5.74, 6) is -0.721. The number of halogens is 1. The first-order chi connectivity index (χ1) is 10.5. The highest BCUT2D eigenvalue weighted by atomic mass is 19.1. The van der Waals surface area contributed by atoms with Gasteiger partial charge in [0, 0.05) is 11.0 Å². The monoisotopic (exact) mass is 292 g/mol. The zero-order valence-corrected chi connectivity index (χ0v) is 13.2. The summed E-state index contributed by atoms with van der Waals surface area (Å²) in [6, 6.07) is 13.0. The van der Waals surface area contributed by atoms with Crippen molar-refractivity contribution in [2.75, 3.05) is 0 Å². The van der Waals surface area contributed by atoms with Gasteiger partial charge in [-0.15, -0.1) is 0 Å². The van der Waals surface area contributed by atoms with Gasteiger partial charge in [-0.3, -0.25) is 0 Å². The smallest absolute Gasteiger partial charge is 0.159 e. The average Bonchev–Trinajstić information content (AvgIpc) is 2.77. The van der Waals surface area contributed by atoms with Crippen molar-refractivity contribution in [3.8, 4) is 23.3 Å². The van der Waals surface area contributed by atoms with Crippen molar-refractivity contribution in [1.29, 1.82) is 10.5 Å². The number of fused-ring (bicyclic) bond motifs is 3. The van der Waals surface area contributed by atoms with E-state index >= 15 is 0 Å². The summed E-state index contributed by atoms with van der Waals surface area (Å²) in [6.07, 6.45) is 0. The van der Waals surface area contributed by atoms with Crippen molar-refractivity contribution in [2.24, 2.45) is 0 Å². The number of hydrogen-bond acceptors (Lipinski definition) is 2. The molecule has 0 aromatic heterocycles. The minimum absolute atomic E-state index is 0.0305. The molecule has 0 amide bonds. The maximum absolute atomic E-state index is 14.2. The molecule has 0 radical (unpaired) electrons. The van der Waals surface area contributed by atoms with Gasteiger partial charge in [0.25, 0.3) is 0 Å². The summed E-state index contributed by atoms with van der Waals surface area (Å²) in [6.45, 7) is 8.05. The van der Waals surface area contributed by atoms with Crippen LogP contribution >= 0.6 is 0 Å². The van der Waals surface area contributed by atoms with Crippen LogP contribution in [0.2, 0.25) is 0 Å². The topological polar surface area (TPSA) is 47.6 Å². The number of nitriles is 2. The van der Waals surface area contributed by atoms with Crippen LogP contribution in [-0.4, -0.2) is 0 Å². The minimum Gasteiger partial charge on any atom is -0.204 e. The van der Waals surface area contributed by atoms with Crippen LogP contribution in [0.1, 0.15) is 49.9 Å². The van der Waals surface area contributed by atoms with E-state index in [0.29, 0.717) is 5.56 Å². The van der Waals surface area contributed by atoms with Crippen LogP contribution in [0.3, 0.4) is 0 Å². The molecule has 2 nitrogen and oxygen atoms in total. The lowest BCUT2D eigenvalue weighted by atomic mass is 9.81. The fraction of sp³-hybridized carbons (Fsp3) is 0.263. The zero-order chi connectivity index (χ0) is 16.5. The molecule has 0 bridgehead atoms. The molecule has 22 heavy (non-hydrogen) atoms. The Morgan fingerprint density at radius 3 is 2.23 bits per heavy atom. The molecular formula is C19H17FN2. The van der Waals surface area contributed by atoms with Crippen LogP contribution in [0.25, 0.3) is 11.1 Å². The van der Waals surface area contributed by atoms with Gasteiger partial charge in [-0.25, -0.2) is 4.39 Å². The molecule has 110 valence electrons. The van der Waals surface area contributed by atoms with Gasteiger partial charge >= 0.3 is 0 Å². The van der Waals surface area contributed by atoms with Gasteiger partial charge in [0.15, 0.2) is 5.82 Å². The van der Waals surface area contributed by atoms with Crippen LogP contribution in [0.15, 0.2) is 30.3 Å². The van der Waals surface area contributed by atoms with Gasteiger partial charge < -0.3 is 0 Å². The lowest BCUT2D eigenvalue weighted by Crippen LogP contribution is -2.15. The fourth-order valence-electron chi connectivity index (χ4n) is 3.01. The summed E-state index contributed by atoms with van der Waals surface area (Å²) < 4.78 is 14.2. The quantitative estimate of drug-likeness (QED) is 0.693. The Morgan fingerprint density at radius 1 is 1.00 bits per heavy atom. The Labute approximate surface area is 130 Å². The van der Waals surface area contributed by atoms with Crippen LogP contribution < -0.4 is 0 Å². The third-order valence-corrected chi connectivity index (χ3v) is 4.04. The first-order valence-electron chi connectivity index (χ1n) is 7.29. The molecule has 0 unspecified atom stereocenters. The number of nitrogens with zero attached hydrogens (tertiary/aromatic N) is 2. The van der Waals surface area contributed by atoms with E-state index in [1.165, 1.54) is 0 Å². The molecule has 1 aliphatic rings. The van der Waals surface area contributed by atoms with Gasteiger partial charge in [0.05, 0.1) is 11.1 Å². The van der Waals surface area contributed by atoms with E-state index in [0.717, 1.165) is 16.7 Å². The first kappa shape index (κ1) is 15.7. The molecule has 0 atom stereocenters. The van der Waals surface area contributed by atoms with E-state index in [1.807, 2.05) is 64.1 Å². The molecule has 3 rings (SSSR count). The number of hydrogen-bond donors (Lipinski definition) is 0. The molecule has 0 saturated heterocycles. The maximum atomic E-state index is 14.2. The highest BCUT2D eigenvalue weighted by molar-refractivity contribution is 5.85. The van der Waals surface area contributed by atoms with E-state index in [9.17, 15) is 9.65 Å². The summed E-state index contributed by atoms with van der Waals surface area (Å²) in [5, 5.41) is 18.4. The zero-order valence-electron chi connectivity index (χ0n) is 13.2. The molecule has 0 aliphatic heterocycles. The van der Waals surface area contributed by atoms with E-state index < -0.39 is 5.82 Å². The molecule has 0 N–H and O–H groups in total. The maximum Gasteiger partial charge on any atom is 0.159 e. The van der Waals surface area contributed by atoms with E-state index in [-0.39, 0.29) is 16.5 Å². The average molecular weight is 292 g/mol. The molecule has 2 aromatic rings. The van der Waals surface area contributed by atoms with Gasteiger partial charge in [0.2, 0.25) is 0 Å². The lowest BCUT2D eigenvalue weighted by Gasteiger charge is -2.21. The van der Waals surface area contributed by atoms with Crippen molar-refractivity contribution < 1.29 is 4.39 Å². The van der Waals surface area contributed by atoms with Crippen molar-refractivity contribution >= 4 is 0 Å². The highest BCUT2D eigenvalue weighted by Gasteiger charge is 2.38. The van der Waals surface area contributed by atoms with E-state index in [2.05, 4.69) is 0 Å². The van der Waals surface area contributed by atoms with Gasteiger partial charge in [-0.1, -0.05) is 52.0 Å². The van der Waals surface area contributed by atoms with E-state index in [1.54, 1.807) is 6.07 Å². The van der Waals surface area contributed by atoms with Crippen LogP contribution in [-0.2, 0) is 5.41 Å². The molecule has 2 aromatic carbocycles. The Balaban J connectivity index is 0.000000847. The second-order valence-corrected chi connectivity index (χ2v) is 5.43. The molecule has 3 heteroatoms. The molecule has 0 heterocycles. The van der Waals surface area contributed by atoms with Gasteiger partial charge in [0.1, 0.15) is 12.1 Å². The van der Waals surface area contributed by atoms with Crippen LogP contribution in [0.5, 0.6) is 0 Å². The molecule has 0 spiro atoms. The second kappa shape index (κ2) is 5.62. The molecule has 0 saturated carbocycles. The number of rotatable bonds is 0. The Kier molecular flexibility index (Phi) is 4.02. The van der Waals surface area contributed by atoms with Crippen molar-refractivity contribution in [3.05, 3.63) is 58.4 Å². The van der Waals surface area contributed by atoms with Crippen LogP contribution in [0.4, 0.5) is 4.39 Å². The third-order valence-electron chi connectivity index (χ3n) is 4.04. The van der Waals surface area contributed by atoms with Gasteiger partial charge in [-0.05, 0) is 22.8 Å². The lowest BCUT2D eigenvalue weighted by molar-refractivity contribution is 0.614. The largest absolute Gasteiger partial charge is 0.204 e. The Morgan fingerprint density at radius 2 is 1.64 bits per heavy atom. The van der Waals surface area contributed by atoms with Crippen molar-refractivity contribution in [3.63, 3.8) is 0 Å². The Bertz CT molecular complexity index is 821. The fourth-order valence-corrected chi connectivity index (χ4v) is 3.01. The minimum atomic E-state index is -0.721. The summed E-state index contributed by atoms with van der Waals surface area (Å²) in [7, 11) is 0.